The Bertz CT molecular complexity index is 1520. The summed E-state index contributed by atoms with van der Waals surface area (Å²) in [5.74, 6) is -3.98. The van der Waals surface area contributed by atoms with Crippen LogP contribution in [-0.4, -0.2) is 97.4 Å². The molecule has 2 saturated heterocycles. The van der Waals surface area contributed by atoms with Gasteiger partial charge in [0.05, 0.1) is 41.6 Å². The monoisotopic (exact) mass is 611 g/mol. The van der Waals surface area contributed by atoms with Crippen LogP contribution in [-0.2, 0) is 25.4 Å². The second-order valence-corrected chi connectivity index (χ2v) is 12.6. The van der Waals surface area contributed by atoms with Crippen LogP contribution in [0.15, 0.2) is 24.3 Å². The summed E-state index contributed by atoms with van der Waals surface area (Å²) in [5.41, 5.74) is 3.51. The van der Waals surface area contributed by atoms with Crippen LogP contribution in [0.5, 0.6) is 11.5 Å². The van der Waals surface area contributed by atoms with Crippen LogP contribution in [0.2, 0.25) is 0 Å². The van der Waals surface area contributed by atoms with E-state index in [-0.39, 0.29) is 52.6 Å². The molecular weight excluding hydrogens is 574 g/mol. The highest BCUT2D eigenvalue weighted by Crippen LogP contribution is 2.53. The fraction of sp³-hybridized carbons (Fsp3) is 0.531. The van der Waals surface area contributed by atoms with Crippen LogP contribution in [0.1, 0.15) is 88.9 Å². The van der Waals surface area contributed by atoms with Crippen molar-refractivity contribution in [2.45, 2.75) is 107 Å². The van der Waals surface area contributed by atoms with Crippen molar-refractivity contribution >= 4 is 17.3 Å². The van der Waals surface area contributed by atoms with Gasteiger partial charge in [0, 0.05) is 53.5 Å². The standard InChI is InChI=1S/C32H37NO11/c1-12-26(36)19(33)8-22(43-12)44-31-13(2)42-21(9-20(31)35)17-10-32(41,14(3)34)11-18-23(17)30(40)25-24(29(18)39)27(37)15-6-4-5-7-16(15)28(25)38/h4-7,12-13,17,19-22,26,31,35-36,39-41H,8-11,33H2,1-3H3/t12-,13-,17+,19-,20-,21+,22-,26+,31-,32-/m0/s1. The maximum atomic E-state index is 13.6. The number of hydrogen-bond donors (Lipinski definition) is 6. The van der Waals surface area contributed by atoms with Crippen LogP contribution in [0.25, 0.3) is 0 Å². The third-order valence-electron chi connectivity index (χ3n) is 9.73. The average Bonchev–Trinajstić information content (AvgIpc) is 2.97. The maximum absolute atomic E-state index is 13.6. The van der Waals surface area contributed by atoms with E-state index in [9.17, 15) is 39.9 Å². The molecule has 2 aromatic rings. The van der Waals surface area contributed by atoms with Gasteiger partial charge >= 0.3 is 0 Å². The van der Waals surface area contributed by atoms with Gasteiger partial charge in [0.15, 0.2) is 23.6 Å². The molecule has 12 nitrogen and oxygen atoms in total. The van der Waals surface area contributed by atoms with Crippen LogP contribution in [0.3, 0.4) is 0 Å². The van der Waals surface area contributed by atoms with Crippen LogP contribution in [0.4, 0.5) is 0 Å². The number of Topliss-reactive ketones (excluding diaryl/α,β-unsaturated/α-hetero) is 1. The second kappa shape index (κ2) is 11.0. The number of carbonyl (C=O) groups is 3. The van der Waals surface area contributed by atoms with Crippen molar-refractivity contribution in [3.8, 4) is 11.5 Å². The number of aromatic hydroxyl groups is 2. The van der Waals surface area contributed by atoms with E-state index in [4.69, 9.17) is 19.9 Å². The van der Waals surface area contributed by atoms with E-state index in [1.54, 1.807) is 26.0 Å². The van der Waals surface area contributed by atoms with Gasteiger partial charge in [0.25, 0.3) is 0 Å². The molecule has 0 amide bonds. The molecule has 0 unspecified atom stereocenters. The number of rotatable bonds is 4. The molecule has 0 radical (unpaired) electrons. The normalized spacial score (nSPS) is 36.8. The maximum Gasteiger partial charge on any atom is 0.198 e. The number of ether oxygens (including phenoxy) is 3. The predicted molar refractivity (Wildman–Crippen MR) is 153 cm³/mol. The number of benzene rings is 2. The molecule has 2 heterocycles. The van der Waals surface area contributed by atoms with Gasteiger partial charge in [-0.15, -0.1) is 0 Å². The largest absolute Gasteiger partial charge is 0.507 e. The number of nitrogens with two attached hydrogens (primary N) is 1. The van der Waals surface area contributed by atoms with Gasteiger partial charge in [-0.1, -0.05) is 24.3 Å². The Balaban J connectivity index is 1.37. The lowest BCUT2D eigenvalue weighted by Gasteiger charge is -2.47. The number of aliphatic hydroxyl groups is 3. The Hall–Kier alpha value is -3.23. The van der Waals surface area contributed by atoms with E-state index in [2.05, 4.69) is 0 Å². The van der Waals surface area contributed by atoms with Crippen LogP contribution >= 0.6 is 0 Å². The lowest BCUT2D eigenvalue weighted by atomic mass is 9.66. The second-order valence-electron chi connectivity index (χ2n) is 12.6. The number of phenols is 2. The summed E-state index contributed by atoms with van der Waals surface area (Å²) in [5, 5.41) is 56.0. The average molecular weight is 612 g/mol. The van der Waals surface area contributed by atoms with Gasteiger partial charge in [0.2, 0.25) is 0 Å². The summed E-state index contributed by atoms with van der Waals surface area (Å²) in [6.07, 6.45) is -6.36. The third kappa shape index (κ3) is 4.76. The van der Waals surface area contributed by atoms with Crippen molar-refractivity contribution in [2.75, 3.05) is 0 Å². The first-order chi connectivity index (χ1) is 20.7. The molecule has 0 aromatic heterocycles. The Morgan fingerprint density at radius 2 is 1.59 bits per heavy atom. The highest BCUT2D eigenvalue weighted by Gasteiger charge is 2.52. The van der Waals surface area contributed by atoms with E-state index in [0.717, 1.165) is 0 Å². The smallest absolute Gasteiger partial charge is 0.198 e. The zero-order valence-electron chi connectivity index (χ0n) is 24.6. The molecule has 44 heavy (non-hydrogen) atoms. The number of aliphatic hydroxyl groups excluding tert-OH is 2. The Morgan fingerprint density at radius 1 is 0.977 bits per heavy atom. The van der Waals surface area contributed by atoms with E-state index in [1.165, 1.54) is 19.1 Å². The lowest BCUT2D eigenvalue weighted by molar-refractivity contribution is -0.282. The first-order valence-corrected chi connectivity index (χ1v) is 14.8. The van der Waals surface area contributed by atoms with E-state index in [0.29, 0.717) is 0 Å². The fourth-order valence-electron chi connectivity index (χ4n) is 7.28. The molecule has 2 fully saturated rings. The highest BCUT2D eigenvalue weighted by atomic mass is 16.7. The van der Waals surface area contributed by atoms with Crippen molar-refractivity contribution < 1.29 is 54.1 Å². The molecular formula is C32H37NO11. The zero-order valence-corrected chi connectivity index (χ0v) is 24.6. The van der Waals surface area contributed by atoms with Gasteiger partial charge in [-0.3, -0.25) is 14.4 Å². The van der Waals surface area contributed by atoms with Crippen molar-refractivity contribution in [3.63, 3.8) is 0 Å². The zero-order chi connectivity index (χ0) is 31.8. The molecule has 2 aliphatic heterocycles. The number of carbonyl (C=O) groups excluding carboxylic acids is 3. The summed E-state index contributed by atoms with van der Waals surface area (Å²) in [6.45, 7) is 4.55. The molecule has 236 valence electrons. The van der Waals surface area contributed by atoms with Gasteiger partial charge < -0.3 is 45.5 Å². The lowest BCUT2D eigenvalue weighted by Crippen LogP contribution is -2.56. The number of phenolic OH excluding ortho intramolecular Hbond substituents is 2. The molecule has 2 aromatic carbocycles. The minimum atomic E-state index is -1.98. The molecule has 0 saturated carbocycles. The third-order valence-corrected chi connectivity index (χ3v) is 9.73. The van der Waals surface area contributed by atoms with E-state index in [1.807, 2.05) is 0 Å². The van der Waals surface area contributed by atoms with Crippen molar-refractivity contribution in [1.82, 2.24) is 0 Å². The van der Waals surface area contributed by atoms with Gasteiger partial charge in [-0.05, 0) is 27.2 Å². The molecule has 12 heteroatoms. The first kappa shape index (κ1) is 30.8. The Kier molecular flexibility index (Phi) is 7.68. The summed E-state index contributed by atoms with van der Waals surface area (Å²) in [6, 6.07) is 5.51. The molecule has 0 spiro atoms. The molecule has 0 bridgehead atoms. The number of fused-ring (bicyclic) bond motifs is 3. The minimum Gasteiger partial charge on any atom is -0.507 e. The summed E-state index contributed by atoms with van der Waals surface area (Å²) in [7, 11) is 0. The SMILES string of the molecule is CC(=O)[C@@]1(O)Cc2c(O)c3c(c(O)c2[C@@H]([C@H]2C[C@H](O)[C@@H](O[C@H]4C[C@H](N)[C@H](O)[C@H](C)O4)[C@H](C)O2)C1)C(=O)c1ccccc1C3=O. The molecule has 2 aliphatic carbocycles. The number of ketones is 3. The molecule has 6 rings (SSSR count). The molecule has 4 aliphatic rings. The summed E-state index contributed by atoms with van der Waals surface area (Å²) >= 11 is 0. The van der Waals surface area contributed by atoms with Crippen LogP contribution < -0.4 is 5.73 Å². The van der Waals surface area contributed by atoms with Crippen LogP contribution in [0, 0.1) is 0 Å². The van der Waals surface area contributed by atoms with Crippen molar-refractivity contribution in [1.29, 1.82) is 0 Å². The number of hydrogen-bond acceptors (Lipinski definition) is 12. The van der Waals surface area contributed by atoms with Gasteiger partial charge in [-0.2, -0.15) is 0 Å². The summed E-state index contributed by atoms with van der Waals surface area (Å²) in [4.78, 5) is 39.8. The van der Waals surface area contributed by atoms with E-state index < -0.39 is 95.7 Å². The van der Waals surface area contributed by atoms with Crippen molar-refractivity contribution in [2.24, 2.45) is 5.73 Å². The van der Waals surface area contributed by atoms with E-state index >= 15 is 0 Å². The van der Waals surface area contributed by atoms with Gasteiger partial charge in [0.1, 0.15) is 23.2 Å². The van der Waals surface area contributed by atoms with Gasteiger partial charge in [-0.25, -0.2) is 0 Å². The molecule has 10 atom stereocenters. The molecule has 7 N–H and O–H groups in total. The predicted octanol–water partition coefficient (Wildman–Crippen LogP) is 0.970. The highest BCUT2D eigenvalue weighted by molar-refractivity contribution is 6.30. The van der Waals surface area contributed by atoms with Crippen molar-refractivity contribution in [3.05, 3.63) is 57.6 Å². The summed E-state index contributed by atoms with van der Waals surface area (Å²) < 4.78 is 18.1. The fourth-order valence-corrected chi connectivity index (χ4v) is 7.28. The first-order valence-electron chi connectivity index (χ1n) is 14.8. The topological polar surface area (TPSA) is 206 Å². The quantitative estimate of drug-likeness (QED) is 0.228. The Morgan fingerprint density at radius 3 is 2.16 bits per heavy atom. The Labute approximate surface area is 253 Å². The minimum absolute atomic E-state index is 0.0306.